The standard InChI is InChI=1S/C23H21ClN6O3/c24-12-19(31)28-11-10-16(13-28)30-22-20(21(25)26-14-27-22)29(23(30)32)15-6-8-18(9-7-15)33-17-4-2-1-3-5-17/h1-9,14,16H,10-13H2,(H2,25,26,27). The molecule has 1 amide bonds. The second kappa shape index (κ2) is 8.59. The highest BCUT2D eigenvalue weighted by atomic mass is 35.5. The summed E-state index contributed by atoms with van der Waals surface area (Å²) in [6.07, 6.45) is 1.96. The van der Waals surface area contributed by atoms with Crippen molar-refractivity contribution >= 4 is 34.5 Å². The number of hydrogen-bond acceptors (Lipinski definition) is 6. The lowest BCUT2D eigenvalue weighted by Crippen LogP contribution is -2.32. The van der Waals surface area contributed by atoms with Gasteiger partial charge in [0.05, 0.1) is 11.7 Å². The molecule has 0 aliphatic carbocycles. The van der Waals surface area contributed by atoms with Gasteiger partial charge in [-0.1, -0.05) is 18.2 Å². The van der Waals surface area contributed by atoms with Crippen LogP contribution in [0.3, 0.4) is 0 Å². The molecule has 33 heavy (non-hydrogen) atoms. The van der Waals surface area contributed by atoms with Gasteiger partial charge in [-0.25, -0.2) is 14.8 Å². The highest BCUT2D eigenvalue weighted by Gasteiger charge is 2.31. The fourth-order valence-corrected chi connectivity index (χ4v) is 4.36. The third kappa shape index (κ3) is 3.80. The third-order valence-corrected chi connectivity index (χ3v) is 5.98. The summed E-state index contributed by atoms with van der Waals surface area (Å²) in [6, 6.07) is 16.3. The molecular weight excluding hydrogens is 444 g/mol. The number of carbonyl (C=O) groups is 1. The maximum Gasteiger partial charge on any atom is 0.335 e. The second-order valence-electron chi connectivity index (χ2n) is 7.74. The first kappa shape index (κ1) is 21.0. The molecule has 4 aromatic rings. The number of halogens is 1. The zero-order valence-electron chi connectivity index (χ0n) is 17.6. The number of fused-ring (bicyclic) bond motifs is 1. The number of carbonyl (C=O) groups excluding carboxylic acids is 1. The maximum atomic E-state index is 13.6. The minimum absolute atomic E-state index is 0.0874. The van der Waals surface area contributed by atoms with E-state index in [2.05, 4.69) is 9.97 Å². The number of alkyl halides is 1. The summed E-state index contributed by atoms with van der Waals surface area (Å²) in [5.74, 6) is 1.31. The number of anilines is 1. The van der Waals surface area contributed by atoms with E-state index in [4.69, 9.17) is 22.1 Å². The van der Waals surface area contributed by atoms with Crippen molar-refractivity contribution in [1.29, 1.82) is 0 Å². The SMILES string of the molecule is Nc1ncnc2c1n(-c1ccc(Oc3ccccc3)cc1)c(=O)n2C1CCN(C(=O)CCl)C1. The van der Waals surface area contributed by atoms with Crippen LogP contribution in [0.5, 0.6) is 11.5 Å². The van der Waals surface area contributed by atoms with Gasteiger partial charge in [-0.15, -0.1) is 11.6 Å². The number of amides is 1. The number of likely N-dealkylation sites (tertiary alicyclic amines) is 1. The summed E-state index contributed by atoms with van der Waals surface area (Å²) < 4.78 is 8.96. The summed E-state index contributed by atoms with van der Waals surface area (Å²) >= 11 is 5.71. The highest BCUT2D eigenvalue weighted by molar-refractivity contribution is 6.27. The summed E-state index contributed by atoms with van der Waals surface area (Å²) in [5.41, 5.74) is 7.35. The fourth-order valence-electron chi connectivity index (χ4n) is 4.19. The molecule has 1 fully saturated rings. The molecule has 2 aromatic heterocycles. The maximum absolute atomic E-state index is 13.6. The monoisotopic (exact) mass is 464 g/mol. The quantitative estimate of drug-likeness (QED) is 0.455. The largest absolute Gasteiger partial charge is 0.457 e. The van der Waals surface area contributed by atoms with Gasteiger partial charge in [-0.3, -0.25) is 13.9 Å². The molecule has 0 bridgehead atoms. The van der Waals surface area contributed by atoms with Gasteiger partial charge in [0.25, 0.3) is 0 Å². The van der Waals surface area contributed by atoms with Crippen LogP contribution in [0.1, 0.15) is 12.5 Å². The van der Waals surface area contributed by atoms with Crippen LogP contribution in [0.2, 0.25) is 0 Å². The van der Waals surface area contributed by atoms with Gasteiger partial charge in [0.15, 0.2) is 11.5 Å². The van der Waals surface area contributed by atoms with Crippen LogP contribution < -0.4 is 16.2 Å². The van der Waals surface area contributed by atoms with Crippen LogP contribution in [0.25, 0.3) is 16.9 Å². The Bertz CT molecular complexity index is 1370. The van der Waals surface area contributed by atoms with Gasteiger partial charge in [0.2, 0.25) is 5.91 Å². The van der Waals surface area contributed by atoms with Gasteiger partial charge in [-0.05, 0) is 42.8 Å². The Hall–Kier alpha value is -3.85. The molecule has 5 rings (SSSR count). The summed E-state index contributed by atoms with van der Waals surface area (Å²) in [5, 5.41) is 0. The smallest absolute Gasteiger partial charge is 0.335 e. The topological polar surface area (TPSA) is 108 Å². The number of nitrogens with two attached hydrogens (primary N) is 1. The number of hydrogen-bond donors (Lipinski definition) is 1. The Labute approximate surface area is 194 Å². The van der Waals surface area contributed by atoms with Crippen LogP contribution in [0.15, 0.2) is 65.7 Å². The number of nitrogens with zero attached hydrogens (tertiary/aromatic N) is 5. The van der Waals surface area contributed by atoms with Gasteiger partial charge in [0, 0.05) is 13.1 Å². The lowest BCUT2D eigenvalue weighted by molar-refractivity contribution is -0.127. The Morgan fingerprint density at radius 2 is 1.82 bits per heavy atom. The van der Waals surface area contributed by atoms with E-state index < -0.39 is 0 Å². The van der Waals surface area contributed by atoms with Crippen LogP contribution in [0, 0.1) is 0 Å². The van der Waals surface area contributed by atoms with Crippen molar-refractivity contribution in [3.05, 3.63) is 71.4 Å². The van der Waals surface area contributed by atoms with Crippen LogP contribution >= 0.6 is 11.6 Å². The van der Waals surface area contributed by atoms with Crippen molar-refractivity contribution in [2.24, 2.45) is 0 Å². The molecule has 1 aliphatic heterocycles. The van der Waals surface area contributed by atoms with Crippen molar-refractivity contribution < 1.29 is 9.53 Å². The van der Waals surface area contributed by atoms with E-state index in [0.29, 0.717) is 47.9 Å². The molecule has 9 nitrogen and oxygen atoms in total. The lowest BCUT2D eigenvalue weighted by atomic mass is 10.2. The van der Waals surface area contributed by atoms with Gasteiger partial charge >= 0.3 is 5.69 Å². The molecule has 1 unspecified atom stereocenters. The van der Waals surface area contributed by atoms with E-state index in [1.54, 1.807) is 33.7 Å². The number of imidazole rings is 1. The van der Waals surface area contributed by atoms with E-state index in [1.807, 2.05) is 30.3 Å². The van der Waals surface area contributed by atoms with E-state index in [1.165, 1.54) is 10.9 Å². The predicted molar refractivity (Wildman–Crippen MR) is 125 cm³/mol. The number of rotatable bonds is 5. The van der Waals surface area contributed by atoms with Crippen LogP contribution in [0.4, 0.5) is 5.82 Å². The normalized spacial score (nSPS) is 15.8. The first-order valence-corrected chi connectivity index (χ1v) is 11.0. The number of para-hydroxylation sites is 1. The molecule has 10 heteroatoms. The van der Waals surface area contributed by atoms with E-state index in [0.717, 1.165) is 0 Å². The second-order valence-corrected chi connectivity index (χ2v) is 8.01. The zero-order valence-corrected chi connectivity index (χ0v) is 18.4. The van der Waals surface area contributed by atoms with Crippen molar-refractivity contribution in [3.8, 4) is 17.2 Å². The summed E-state index contributed by atoms with van der Waals surface area (Å²) in [4.78, 5) is 35.7. The Morgan fingerprint density at radius 1 is 1.09 bits per heavy atom. The number of benzene rings is 2. The number of nitrogen functional groups attached to an aromatic ring is 1. The highest BCUT2D eigenvalue weighted by Crippen LogP contribution is 2.28. The fraction of sp³-hybridized carbons (Fsp3) is 0.217. The molecule has 0 spiro atoms. The van der Waals surface area contributed by atoms with Gasteiger partial charge in [0.1, 0.15) is 29.2 Å². The molecule has 2 aromatic carbocycles. The van der Waals surface area contributed by atoms with E-state index >= 15 is 0 Å². The average Bonchev–Trinajstić information content (AvgIpc) is 3.43. The van der Waals surface area contributed by atoms with Crippen LogP contribution in [-0.4, -0.2) is 48.9 Å². The third-order valence-electron chi connectivity index (χ3n) is 5.75. The van der Waals surface area contributed by atoms with Crippen LogP contribution in [-0.2, 0) is 4.79 Å². The molecule has 1 atom stereocenters. The zero-order chi connectivity index (χ0) is 22.9. The molecule has 3 heterocycles. The molecule has 2 N–H and O–H groups in total. The van der Waals surface area contributed by atoms with Crippen molar-refractivity contribution in [1.82, 2.24) is 24.0 Å². The summed E-state index contributed by atoms with van der Waals surface area (Å²) in [7, 11) is 0. The minimum Gasteiger partial charge on any atom is -0.457 e. The molecule has 0 saturated carbocycles. The van der Waals surface area contributed by atoms with Crippen molar-refractivity contribution in [3.63, 3.8) is 0 Å². The molecule has 0 radical (unpaired) electrons. The first-order valence-electron chi connectivity index (χ1n) is 10.5. The van der Waals surface area contributed by atoms with Gasteiger partial charge in [-0.2, -0.15) is 0 Å². The van der Waals surface area contributed by atoms with E-state index in [-0.39, 0.29) is 29.3 Å². The lowest BCUT2D eigenvalue weighted by Gasteiger charge is -2.15. The first-order chi connectivity index (χ1) is 16.1. The average molecular weight is 465 g/mol. The van der Waals surface area contributed by atoms with Crippen molar-refractivity contribution in [2.75, 3.05) is 24.7 Å². The predicted octanol–water partition coefficient (Wildman–Crippen LogP) is 2.97. The number of ether oxygens (including phenoxy) is 1. The Kier molecular flexibility index (Phi) is 5.47. The number of aromatic nitrogens is 4. The summed E-state index contributed by atoms with van der Waals surface area (Å²) in [6.45, 7) is 0.916. The van der Waals surface area contributed by atoms with Crippen molar-refractivity contribution in [2.45, 2.75) is 12.5 Å². The molecular formula is C23H21ClN6O3. The van der Waals surface area contributed by atoms with Gasteiger partial charge < -0.3 is 15.4 Å². The Balaban J connectivity index is 1.55. The molecule has 1 saturated heterocycles. The minimum atomic E-state index is -0.292. The Morgan fingerprint density at radius 3 is 2.55 bits per heavy atom. The molecule has 1 aliphatic rings. The van der Waals surface area contributed by atoms with E-state index in [9.17, 15) is 9.59 Å². The molecule has 168 valence electrons.